The summed E-state index contributed by atoms with van der Waals surface area (Å²) in [4.78, 5) is 19.5. The van der Waals surface area contributed by atoms with Crippen molar-refractivity contribution in [3.63, 3.8) is 0 Å². The zero-order valence-corrected chi connectivity index (χ0v) is 17.4. The summed E-state index contributed by atoms with van der Waals surface area (Å²) in [6.45, 7) is 7.12. The second-order valence-corrected chi connectivity index (χ2v) is 8.75. The monoisotopic (exact) mass is 382 g/mol. The van der Waals surface area contributed by atoms with Crippen molar-refractivity contribution in [1.29, 1.82) is 0 Å². The molecule has 0 unspecified atom stereocenters. The van der Waals surface area contributed by atoms with E-state index in [0.29, 0.717) is 11.8 Å². The van der Waals surface area contributed by atoms with E-state index in [-0.39, 0.29) is 0 Å². The number of hydrogen-bond acceptors (Lipinski definition) is 3. The maximum atomic E-state index is 12.6. The number of likely N-dealkylation sites (N-methyl/N-ethyl adjacent to an activating group) is 1. The van der Waals surface area contributed by atoms with Gasteiger partial charge in [-0.05, 0) is 50.4 Å². The van der Waals surface area contributed by atoms with Crippen LogP contribution in [-0.2, 0) is 18.4 Å². The Morgan fingerprint density at radius 2 is 1.86 bits per heavy atom. The highest BCUT2D eigenvalue weighted by atomic mass is 16.2. The van der Waals surface area contributed by atoms with Crippen molar-refractivity contribution < 1.29 is 4.79 Å². The van der Waals surface area contributed by atoms with Crippen molar-refractivity contribution in [3.8, 4) is 0 Å². The van der Waals surface area contributed by atoms with Crippen LogP contribution in [0.3, 0.4) is 0 Å². The summed E-state index contributed by atoms with van der Waals surface area (Å²) < 4.78 is 2.24. The standard InChI is InChI=1S/C23H34N4O/c1-24-12-14-27(15-13-24)23(28)10-9-19-6-5-11-26(16-19)18-20-17-25(2)22-8-4-3-7-21(20)22/h3-4,7-8,17,19H,5-6,9-16,18H2,1-2H3/t19-/m1/s1. The van der Waals surface area contributed by atoms with Gasteiger partial charge >= 0.3 is 0 Å². The number of piperazine rings is 1. The SMILES string of the molecule is CN1CCN(C(=O)CC[C@H]2CCCN(Cc3cn(C)c4ccccc34)C2)CC1. The van der Waals surface area contributed by atoms with E-state index in [4.69, 9.17) is 0 Å². The van der Waals surface area contributed by atoms with Crippen LogP contribution >= 0.6 is 0 Å². The highest BCUT2D eigenvalue weighted by Gasteiger charge is 2.24. The number of aryl methyl sites for hydroxylation is 1. The molecule has 0 aliphatic carbocycles. The second-order valence-electron chi connectivity index (χ2n) is 8.75. The first-order chi connectivity index (χ1) is 13.6. The molecule has 0 bridgehead atoms. The molecule has 152 valence electrons. The van der Waals surface area contributed by atoms with E-state index < -0.39 is 0 Å². The number of nitrogens with zero attached hydrogens (tertiary/aromatic N) is 4. The third-order valence-corrected chi connectivity index (χ3v) is 6.60. The lowest BCUT2D eigenvalue weighted by Gasteiger charge is -2.34. The number of carbonyl (C=O) groups is 1. The lowest BCUT2D eigenvalue weighted by molar-refractivity contribution is -0.133. The summed E-state index contributed by atoms with van der Waals surface area (Å²) in [7, 11) is 4.27. The fourth-order valence-electron chi connectivity index (χ4n) is 4.86. The van der Waals surface area contributed by atoms with Crippen molar-refractivity contribution in [2.75, 3.05) is 46.3 Å². The molecule has 0 saturated carbocycles. The summed E-state index contributed by atoms with van der Waals surface area (Å²) in [5.74, 6) is 1.01. The minimum atomic E-state index is 0.360. The molecule has 28 heavy (non-hydrogen) atoms. The Kier molecular flexibility index (Phi) is 6.02. The molecular formula is C23H34N4O. The quantitative estimate of drug-likeness (QED) is 0.797. The first kappa shape index (κ1) is 19.5. The lowest BCUT2D eigenvalue weighted by atomic mass is 9.92. The molecule has 1 aromatic carbocycles. The van der Waals surface area contributed by atoms with E-state index in [1.54, 1.807) is 0 Å². The van der Waals surface area contributed by atoms with Gasteiger partial charge < -0.3 is 14.4 Å². The van der Waals surface area contributed by atoms with Gasteiger partial charge in [0, 0.05) is 69.8 Å². The van der Waals surface area contributed by atoms with Crippen LogP contribution in [0.2, 0.25) is 0 Å². The number of rotatable bonds is 5. The van der Waals surface area contributed by atoms with Gasteiger partial charge in [-0.2, -0.15) is 0 Å². The van der Waals surface area contributed by atoms with E-state index >= 15 is 0 Å². The largest absolute Gasteiger partial charge is 0.350 e. The molecule has 1 amide bonds. The van der Waals surface area contributed by atoms with Crippen LogP contribution in [0.25, 0.3) is 10.9 Å². The fraction of sp³-hybridized carbons (Fsp3) is 0.609. The predicted octanol–water partition coefficient (Wildman–Crippen LogP) is 2.94. The highest BCUT2D eigenvalue weighted by Crippen LogP contribution is 2.26. The molecule has 3 heterocycles. The molecule has 2 saturated heterocycles. The maximum absolute atomic E-state index is 12.6. The summed E-state index contributed by atoms with van der Waals surface area (Å²) >= 11 is 0. The van der Waals surface area contributed by atoms with Crippen LogP contribution in [0.4, 0.5) is 0 Å². The minimum Gasteiger partial charge on any atom is -0.350 e. The number of hydrogen-bond donors (Lipinski definition) is 0. The number of benzene rings is 1. The molecule has 5 heteroatoms. The van der Waals surface area contributed by atoms with Gasteiger partial charge in [0.15, 0.2) is 0 Å². The van der Waals surface area contributed by atoms with Crippen molar-refractivity contribution >= 4 is 16.8 Å². The topological polar surface area (TPSA) is 31.7 Å². The Morgan fingerprint density at radius 3 is 2.68 bits per heavy atom. The normalized spacial score (nSPS) is 22.1. The van der Waals surface area contributed by atoms with Gasteiger partial charge in [0.05, 0.1) is 0 Å². The number of para-hydroxylation sites is 1. The Morgan fingerprint density at radius 1 is 1.07 bits per heavy atom. The Bertz CT molecular complexity index is 806. The molecule has 1 atom stereocenters. The van der Waals surface area contributed by atoms with Crippen LogP contribution in [0, 0.1) is 5.92 Å². The fourth-order valence-corrected chi connectivity index (χ4v) is 4.86. The van der Waals surface area contributed by atoms with Crippen LogP contribution < -0.4 is 0 Å². The van der Waals surface area contributed by atoms with Gasteiger partial charge in [0.1, 0.15) is 0 Å². The van der Waals surface area contributed by atoms with Crippen LogP contribution in [0.1, 0.15) is 31.2 Å². The molecule has 2 aromatic rings. The third-order valence-electron chi connectivity index (χ3n) is 6.60. The van der Waals surface area contributed by atoms with Gasteiger partial charge in [-0.15, -0.1) is 0 Å². The minimum absolute atomic E-state index is 0.360. The summed E-state index contributed by atoms with van der Waals surface area (Å²) in [5, 5.41) is 1.37. The molecule has 0 radical (unpaired) electrons. The first-order valence-electron chi connectivity index (χ1n) is 10.8. The van der Waals surface area contributed by atoms with E-state index in [0.717, 1.165) is 52.1 Å². The van der Waals surface area contributed by atoms with Crippen LogP contribution in [-0.4, -0.2) is 71.5 Å². The summed E-state index contributed by atoms with van der Waals surface area (Å²) in [6, 6.07) is 8.68. The van der Waals surface area contributed by atoms with E-state index in [1.807, 2.05) is 0 Å². The number of carbonyl (C=O) groups excluding carboxylic acids is 1. The predicted molar refractivity (Wildman–Crippen MR) is 114 cm³/mol. The van der Waals surface area contributed by atoms with Gasteiger partial charge in [0.25, 0.3) is 0 Å². The van der Waals surface area contributed by atoms with E-state index in [1.165, 1.54) is 35.9 Å². The zero-order chi connectivity index (χ0) is 19.5. The second kappa shape index (κ2) is 8.66. The average molecular weight is 383 g/mol. The summed E-state index contributed by atoms with van der Waals surface area (Å²) in [6.07, 6.45) is 6.55. The molecule has 2 fully saturated rings. The van der Waals surface area contributed by atoms with Gasteiger partial charge in [0.2, 0.25) is 5.91 Å². The maximum Gasteiger partial charge on any atom is 0.222 e. The highest BCUT2D eigenvalue weighted by molar-refractivity contribution is 5.83. The number of amides is 1. The van der Waals surface area contributed by atoms with Gasteiger partial charge in [-0.25, -0.2) is 0 Å². The lowest BCUT2D eigenvalue weighted by Crippen LogP contribution is -2.47. The number of piperidine rings is 1. The van der Waals surface area contributed by atoms with E-state index in [2.05, 4.69) is 63.8 Å². The number of likely N-dealkylation sites (tertiary alicyclic amines) is 1. The molecule has 1 aromatic heterocycles. The third kappa shape index (κ3) is 4.41. The van der Waals surface area contributed by atoms with Gasteiger partial charge in [-0.3, -0.25) is 9.69 Å². The van der Waals surface area contributed by atoms with Crippen molar-refractivity contribution in [2.45, 2.75) is 32.2 Å². The molecule has 2 aliphatic heterocycles. The first-order valence-corrected chi connectivity index (χ1v) is 10.8. The van der Waals surface area contributed by atoms with Crippen molar-refractivity contribution in [1.82, 2.24) is 19.3 Å². The zero-order valence-electron chi connectivity index (χ0n) is 17.4. The molecule has 2 aliphatic rings. The Balaban J connectivity index is 1.30. The van der Waals surface area contributed by atoms with Crippen LogP contribution in [0.15, 0.2) is 30.5 Å². The van der Waals surface area contributed by atoms with Crippen molar-refractivity contribution in [2.24, 2.45) is 13.0 Å². The molecule has 4 rings (SSSR count). The van der Waals surface area contributed by atoms with Crippen LogP contribution in [0.5, 0.6) is 0 Å². The number of fused-ring (bicyclic) bond motifs is 1. The average Bonchev–Trinajstić information content (AvgIpc) is 3.03. The smallest absolute Gasteiger partial charge is 0.222 e. The van der Waals surface area contributed by atoms with E-state index in [9.17, 15) is 4.79 Å². The Hall–Kier alpha value is -1.85. The molecule has 0 N–H and O–H groups in total. The van der Waals surface area contributed by atoms with Crippen molar-refractivity contribution in [3.05, 3.63) is 36.0 Å². The Labute approximate surface area is 168 Å². The molecular weight excluding hydrogens is 348 g/mol. The molecule has 0 spiro atoms. The van der Waals surface area contributed by atoms with Gasteiger partial charge in [-0.1, -0.05) is 18.2 Å². The summed E-state index contributed by atoms with van der Waals surface area (Å²) in [5.41, 5.74) is 2.73. The molecule has 5 nitrogen and oxygen atoms in total. The number of aromatic nitrogens is 1.